The summed E-state index contributed by atoms with van der Waals surface area (Å²) in [4.78, 5) is 10.2. The second kappa shape index (κ2) is 5.32. The van der Waals surface area contributed by atoms with Gasteiger partial charge in [-0.15, -0.1) is 11.3 Å². The van der Waals surface area contributed by atoms with E-state index in [4.69, 9.17) is 9.47 Å². The number of aromatic nitrogens is 2. The molecule has 0 radical (unpaired) electrons. The molecule has 2 heterocycles. The molecule has 0 amide bonds. The van der Waals surface area contributed by atoms with Crippen molar-refractivity contribution in [2.24, 2.45) is 0 Å². The predicted octanol–water partition coefficient (Wildman–Crippen LogP) is 1.95. The lowest BCUT2D eigenvalue weighted by Gasteiger charge is -2.12. The van der Waals surface area contributed by atoms with E-state index >= 15 is 0 Å². The number of aryl methyl sites for hydroxylation is 1. The molecule has 0 fully saturated rings. The molecule has 1 N–H and O–H groups in total. The second-order valence-corrected chi connectivity index (χ2v) is 4.98. The highest BCUT2D eigenvalue weighted by atomic mass is 32.1. The van der Waals surface area contributed by atoms with E-state index in [0.717, 1.165) is 9.75 Å². The maximum absolute atomic E-state index is 10.3. The molecule has 18 heavy (non-hydrogen) atoms. The maximum Gasteiger partial charge on any atom is 0.241 e. The zero-order valence-corrected chi connectivity index (χ0v) is 11.2. The van der Waals surface area contributed by atoms with Gasteiger partial charge in [0.2, 0.25) is 11.8 Å². The van der Waals surface area contributed by atoms with Gasteiger partial charge in [0.1, 0.15) is 11.8 Å². The lowest BCUT2D eigenvalue weighted by molar-refractivity contribution is 0.210. The molecule has 0 aliphatic heterocycles. The highest BCUT2D eigenvalue weighted by Crippen LogP contribution is 2.31. The van der Waals surface area contributed by atoms with Crippen molar-refractivity contribution in [3.8, 4) is 11.8 Å². The van der Waals surface area contributed by atoms with Gasteiger partial charge in [0, 0.05) is 9.75 Å². The summed E-state index contributed by atoms with van der Waals surface area (Å²) >= 11 is 1.52. The van der Waals surface area contributed by atoms with E-state index in [2.05, 4.69) is 9.97 Å². The van der Waals surface area contributed by atoms with Crippen molar-refractivity contribution in [1.82, 2.24) is 9.97 Å². The molecule has 6 heteroatoms. The van der Waals surface area contributed by atoms with E-state index < -0.39 is 6.10 Å². The number of thiophene rings is 1. The molecule has 0 saturated carbocycles. The summed E-state index contributed by atoms with van der Waals surface area (Å²) in [7, 11) is 2.99. The molecule has 96 valence electrons. The molecule has 1 atom stereocenters. The van der Waals surface area contributed by atoms with Gasteiger partial charge < -0.3 is 14.6 Å². The number of aliphatic hydroxyl groups is 1. The van der Waals surface area contributed by atoms with Crippen molar-refractivity contribution in [3.05, 3.63) is 33.8 Å². The molecule has 0 aromatic carbocycles. The molecule has 0 aliphatic carbocycles. The van der Waals surface area contributed by atoms with Crippen molar-refractivity contribution in [3.63, 3.8) is 0 Å². The summed E-state index contributed by atoms with van der Waals surface area (Å²) in [5.41, 5.74) is 0.389. The Hall–Kier alpha value is -1.66. The first-order chi connectivity index (χ1) is 8.65. The minimum Gasteiger partial charge on any atom is -0.480 e. The van der Waals surface area contributed by atoms with Crippen LogP contribution >= 0.6 is 11.3 Å². The fourth-order valence-electron chi connectivity index (χ4n) is 1.54. The van der Waals surface area contributed by atoms with Crippen LogP contribution in [-0.2, 0) is 0 Å². The Balaban J connectivity index is 2.38. The number of hydrogen-bond acceptors (Lipinski definition) is 6. The monoisotopic (exact) mass is 266 g/mol. The number of rotatable bonds is 4. The Labute approximate surface area is 109 Å². The number of hydrogen-bond donors (Lipinski definition) is 1. The van der Waals surface area contributed by atoms with Gasteiger partial charge in [-0.25, -0.2) is 4.98 Å². The highest BCUT2D eigenvalue weighted by molar-refractivity contribution is 7.12. The Morgan fingerprint density at radius 1 is 1.28 bits per heavy atom. The van der Waals surface area contributed by atoms with Crippen LogP contribution < -0.4 is 9.47 Å². The third-order valence-electron chi connectivity index (χ3n) is 2.44. The molecule has 2 aromatic heterocycles. The van der Waals surface area contributed by atoms with Gasteiger partial charge >= 0.3 is 0 Å². The van der Waals surface area contributed by atoms with Crippen LogP contribution in [0.15, 0.2) is 18.3 Å². The van der Waals surface area contributed by atoms with E-state index in [-0.39, 0.29) is 5.88 Å². The summed E-state index contributed by atoms with van der Waals surface area (Å²) in [5.74, 6) is 0.623. The molecule has 0 saturated heterocycles. The molecular weight excluding hydrogens is 252 g/mol. The Bertz CT molecular complexity index is 542. The topological polar surface area (TPSA) is 64.5 Å². The SMILES string of the molecule is COc1cnc(C(O)c2ccc(C)s2)c(OC)n1. The third kappa shape index (κ3) is 2.44. The van der Waals surface area contributed by atoms with Crippen LogP contribution in [-0.4, -0.2) is 29.3 Å². The van der Waals surface area contributed by atoms with E-state index in [1.807, 2.05) is 19.1 Å². The predicted molar refractivity (Wildman–Crippen MR) is 68.3 cm³/mol. The quantitative estimate of drug-likeness (QED) is 0.916. The minimum atomic E-state index is -0.836. The smallest absolute Gasteiger partial charge is 0.241 e. The molecule has 2 aromatic rings. The van der Waals surface area contributed by atoms with Crippen LogP contribution in [0.4, 0.5) is 0 Å². The van der Waals surface area contributed by atoms with E-state index in [1.165, 1.54) is 31.8 Å². The first kappa shape index (κ1) is 12.8. The van der Waals surface area contributed by atoms with Crippen LogP contribution in [0.1, 0.15) is 21.6 Å². The van der Waals surface area contributed by atoms with Gasteiger partial charge in [0.25, 0.3) is 0 Å². The summed E-state index contributed by atoms with van der Waals surface area (Å²) in [6, 6.07) is 3.82. The maximum atomic E-state index is 10.3. The van der Waals surface area contributed by atoms with Gasteiger partial charge in [-0.1, -0.05) is 0 Å². The normalized spacial score (nSPS) is 12.2. The molecule has 1 unspecified atom stereocenters. The summed E-state index contributed by atoms with van der Waals surface area (Å²) in [5, 5.41) is 10.3. The van der Waals surface area contributed by atoms with Gasteiger partial charge in [-0.2, -0.15) is 4.98 Å². The molecule has 0 bridgehead atoms. The van der Waals surface area contributed by atoms with E-state index in [0.29, 0.717) is 11.6 Å². The second-order valence-electron chi connectivity index (χ2n) is 3.66. The number of nitrogens with zero attached hydrogens (tertiary/aromatic N) is 2. The van der Waals surface area contributed by atoms with Gasteiger partial charge in [0.05, 0.1) is 20.4 Å². The van der Waals surface area contributed by atoms with Crippen LogP contribution in [0.2, 0.25) is 0 Å². The first-order valence-electron chi connectivity index (χ1n) is 5.35. The van der Waals surface area contributed by atoms with Gasteiger partial charge in [-0.3, -0.25) is 0 Å². The standard InChI is InChI=1S/C12H14N2O3S/c1-7-4-5-8(18-7)11(15)10-12(17-3)14-9(16-2)6-13-10/h4-6,11,15H,1-3H3. The largest absolute Gasteiger partial charge is 0.480 e. The lowest BCUT2D eigenvalue weighted by Crippen LogP contribution is -2.06. The van der Waals surface area contributed by atoms with Crippen molar-refractivity contribution >= 4 is 11.3 Å². The van der Waals surface area contributed by atoms with Crippen LogP contribution in [0.3, 0.4) is 0 Å². The third-order valence-corrected chi connectivity index (χ3v) is 3.49. The van der Waals surface area contributed by atoms with Crippen LogP contribution in [0.25, 0.3) is 0 Å². The van der Waals surface area contributed by atoms with E-state index in [9.17, 15) is 5.11 Å². The summed E-state index contributed by atoms with van der Waals surface area (Å²) in [6.07, 6.45) is 0.624. The Morgan fingerprint density at radius 2 is 2.06 bits per heavy atom. The zero-order chi connectivity index (χ0) is 13.1. The average Bonchev–Trinajstić information content (AvgIpc) is 2.83. The summed E-state index contributed by atoms with van der Waals surface area (Å²) in [6.45, 7) is 1.98. The molecule has 0 aliphatic rings. The number of ether oxygens (including phenoxy) is 2. The first-order valence-corrected chi connectivity index (χ1v) is 6.16. The fraction of sp³-hybridized carbons (Fsp3) is 0.333. The van der Waals surface area contributed by atoms with Crippen molar-refractivity contribution in [2.75, 3.05) is 14.2 Å². The minimum absolute atomic E-state index is 0.271. The highest BCUT2D eigenvalue weighted by Gasteiger charge is 2.20. The van der Waals surface area contributed by atoms with Gasteiger partial charge in [-0.05, 0) is 19.1 Å². The number of aliphatic hydroxyl groups excluding tert-OH is 1. The van der Waals surface area contributed by atoms with Gasteiger partial charge in [0.15, 0.2) is 0 Å². The average molecular weight is 266 g/mol. The zero-order valence-electron chi connectivity index (χ0n) is 10.4. The van der Waals surface area contributed by atoms with Crippen molar-refractivity contribution in [2.45, 2.75) is 13.0 Å². The van der Waals surface area contributed by atoms with E-state index in [1.54, 1.807) is 0 Å². The fourth-order valence-corrected chi connectivity index (χ4v) is 2.40. The molecule has 5 nitrogen and oxygen atoms in total. The number of methoxy groups -OCH3 is 2. The lowest BCUT2D eigenvalue weighted by atomic mass is 10.2. The van der Waals surface area contributed by atoms with Crippen molar-refractivity contribution < 1.29 is 14.6 Å². The molecular formula is C12H14N2O3S. The summed E-state index contributed by atoms with van der Waals surface area (Å²) < 4.78 is 10.1. The molecule has 2 rings (SSSR count). The Morgan fingerprint density at radius 3 is 2.61 bits per heavy atom. The molecule has 0 spiro atoms. The van der Waals surface area contributed by atoms with Crippen LogP contribution in [0.5, 0.6) is 11.8 Å². The van der Waals surface area contributed by atoms with Crippen molar-refractivity contribution in [1.29, 1.82) is 0 Å². The van der Waals surface area contributed by atoms with Crippen LogP contribution in [0, 0.1) is 6.92 Å². The Kier molecular flexibility index (Phi) is 3.78.